The van der Waals surface area contributed by atoms with Gasteiger partial charge in [-0.2, -0.15) is 0 Å². The van der Waals surface area contributed by atoms with E-state index in [4.69, 9.17) is 4.74 Å². The van der Waals surface area contributed by atoms with E-state index in [9.17, 15) is 9.59 Å². The highest BCUT2D eigenvalue weighted by Gasteiger charge is 2.41. The summed E-state index contributed by atoms with van der Waals surface area (Å²) in [6.07, 6.45) is 3.15. The maximum absolute atomic E-state index is 12.9. The van der Waals surface area contributed by atoms with Crippen molar-refractivity contribution in [2.45, 2.75) is 72.8 Å². The number of rotatable bonds is 8. The van der Waals surface area contributed by atoms with Crippen LogP contribution in [0.4, 0.5) is 0 Å². The Hall–Kier alpha value is -2.10. The number of nitrogens with one attached hydrogen (secondary N) is 1. The van der Waals surface area contributed by atoms with E-state index < -0.39 is 0 Å². The minimum Gasteiger partial charge on any atom is -0.463 e. The van der Waals surface area contributed by atoms with E-state index in [1.165, 1.54) is 5.56 Å². The zero-order valence-corrected chi connectivity index (χ0v) is 18.2. The van der Waals surface area contributed by atoms with Crippen molar-refractivity contribution in [2.75, 3.05) is 6.61 Å². The molecule has 4 heteroatoms. The Bertz CT molecular complexity index is 718. The molecule has 0 fully saturated rings. The van der Waals surface area contributed by atoms with E-state index in [-0.39, 0.29) is 29.3 Å². The summed E-state index contributed by atoms with van der Waals surface area (Å²) >= 11 is 0. The Kier molecular flexibility index (Phi) is 7.45. The van der Waals surface area contributed by atoms with Gasteiger partial charge < -0.3 is 14.8 Å². The Morgan fingerprint density at radius 1 is 1.21 bits per heavy atom. The van der Waals surface area contributed by atoms with E-state index in [1.54, 1.807) is 0 Å². The third-order valence-corrected chi connectivity index (χ3v) is 5.85. The summed E-state index contributed by atoms with van der Waals surface area (Å²) in [6.45, 7) is 12.8. The molecule has 28 heavy (non-hydrogen) atoms. The number of hydrogen-bond donors (Lipinski definition) is 1. The molecule has 1 aliphatic heterocycles. The summed E-state index contributed by atoms with van der Waals surface area (Å²) in [6, 6.07) is 8.65. The van der Waals surface area contributed by atoms with Crippen LogP contribution >= 0.6 is 0 Å². The predicted octanol–water partition coefficient (Wildman–Crippen LogP) is 4.92. The zero-order valence-electron chi connectivity index (χ0n) is 18.2. The molecule has 4 nitrogen and oxygen atoms in total. The van der Waals surface area contributed by atoms with Crippen LogP contribution in [0.2, 0.25) is 0 Å². The van der Waals surface area contributed by atoms with Crippen LogP contribution in [0.25, 0.3) is 0 Å². The average Bonchev–Trinajstić information content (AvgIpc) is 2.63. The van der Waals surface area contributed by atoms with Crippen molar-refractivity contribution < 1.29 is 14.3 Å². The van der Waals surface area contributed by atoms with Crippen molar-refractivity contribution in [3.05, 3.63) is 46.7 Å². The van der Waals surface area contributed by atoms with Crippen molar-refractivity contribution in [3.63, 3.8) is 0 Å². The standard InChI is InChI=1S/C24H35NO3/c1-7-19-22(23(27)28-8-2)21(18-11-9-16(3)10-12-18)17(4)20(25-19)15-24(5,6)13-14-26/h9-12,14,17,20-21,25H,7-8,13,15H2,1-6H3. The molecule has 3 unspecified atom stereocenters. The number of benzene rings is 1. The van der Waals surface area contributed by atoms with E-state index in [0.717, 1.165) is 36.0 Å². The minimum atomic E-state index is -0.227. The van der Waals surface area contributed by atoms with E-state index in [2.05, 4.69) is 64.2 Å². The van der Waals surface area contributed by atoms with Crippen molar-refractivity contribution in [2.24, 2.45) is 11.3 Å². The van der Waals surface area contributed by atoms with Gasteiger partial charge >= 0.3 is 5.97 Å². The number of aryl methyl sites for hydroxylation is 1. The lowest BCUT2D eigenvalue weighted by molar-refractivity contribution is -0.139. The van der Waals surface area contributed by atoms with Gasteiger partial charge in [0.05, 0.1) is 12.2 Å². The molecule has 0 amide bonds. The molecule has 0 aromatic heterocycles. The molecular weight excluding hydrogens is 350 g/mol. The van der Waals surface area contributed by atoms with Crippen LogP contribution in [-0.4, -0.2) is 24.9 Å². The van der Waals surface area contributed by atoms with Crippen molar-refractivity contribution in [1.82, 2.24) is 5.32 Å². The van der Waals surface area contributed by atoms with Crippen molar-refractivity contribution >= 4 is 12.3 Å². The number of ether oxygens (including phenoxy) is 1. The molecule has 2 rings (SSSR count). The van der Waals surface area contributed by atoms with Gasteiger partial charge in [0, 0.05) is 24.1 Å². The Labute approximate surface area is 169 Å². The van der Waals surface area contributed by atoms with Gasteiger partial charge in [0.25, 0.3) is 0 Å². The summed E-state index contributed by atoms with van der Waals surface area (Å²) in [5.41, 5.74) is 3.98. The highest BCUT2D eigenvalue weighted by Crippen LogP contribution is 2.43. The van der Waals surface area contributed by atoms with Gasteiger partial charge in [-0.05, 0) is 43.6 Å². The van der Waals surface area contributed by atoms with Gasteiger partial charge in [-0.3, -0.25) is 0 Å². The maximum atomic E-state index is 12.9. The minimum absolute atomic E-state index is 0.0205. The third kappa shape index (κ3) is 5.03. The lowest BCUT2D eigenvalue weighted by atomic mass is 9.69. The highest BCUT2D eigenvalue weighted by atomic mass is 16.5. The fraction of sp³-hybridized carbons (Fsp3) is 0.583. The summed E-state index contributed by atoms with van der Waals surface area (Å²) in [7, 11) is 0. The van der Waals surface area contributed by atoms with Gasteiger partial charge in [0.2, 0.25) is 0 Å². The lowest BCUT2D eigenvalue weighted by Gasteiger charge is -2.42. The molecule has 0 saturated carbocycles. The molecule has 1 aliphatic rings. The predicted molar refractivity (Wildman–Crippen MR) is 113 cm³/mol. The van der Waals surface area contributed by atoms with Gasteiger partial charge in [0.15, 0.2) is 0 Å². The molecule has 0 spiro atoms. The molecule has 1 heterocycles. The topological polar surface area (TPSA) is 55.4 Å². The molecule has 1 aromatic rings. The summed E-state index contributed by atoms with van der Waals surface area (Å²) in [4.78, 5) is 24.0. The number of hydrogen-bond acceptors (Lipinski definition) is 4. The number of allylic oxidation sites excluding steroid dienone is 1. The first-order valence-corrected chi connectivity index (χ1v) is 10.4. The summed E-state index contributed by atoms with van der Waals surface area (Å²) in [5, 5.41) is 3.63. The second-order valence-electron chi connectivity index (χ2n) is 8.70. The molecule has 0 bridgehead atoms. The summed E-state index contributed by atoms with van der Waals surface area (Å²) < 4.78 is 5.43. The van der Waals surface area contributed by atoms with Gasteiger partial charge in [-0.15, -0.1) is 0 Å². The van der Waals surface area contributed by atoms with Crippen molar-refractivity contribution in [1.29, 1.82) is 0 Å². The smallest absolute Gasteiger partial charge is 0.336 e. The number of aldehydes is 1. The van der Waals surface area contributed by atoms with Crippen LogP contribution < -0.4 is 5.32 Å². The molecule has 1 aromatic carbocycles. The number of carbonyl (C=O) groups excluding carboxylic acids is 2. The first-order valence-electron chi connectivity index (χ1n) is 10.4. The quantitative estimate of drug-likeness (QED) is 0.510. The Morgan fingerprint density at radius 3 is 2.39 bits per heavy atom. The number of esters is 1. The second kappa shape index (κ2) is 9.40. The van der Waals surface area contributed by atoms with E-state index >= 15 is 0 Å². The lowest BCUT2D eigenvalue weighted by Crippen LogP contribution is -2.46. The first-order chi connectivity index (χ1) is 13.2. The van der Waals surface area contributed by atoms with E-state index in [1.807, 2.05) is 6.92 Å². The molecule has 0 saturated heterocycles. The van der Waals surface area contributed by atoms with Gasteiger partial charge in [-0.25, -0.2) is 4.79 Å². The van der Waals surface area contributed by atoms with Crippen LogP contribution in [0.1, 0.15) is 70.9 Å². The molecular formula is C24H35NO3. The monoisotopic (exact) mass is 385 g/mol. The maximum Gasteiger partial charge on any atom is 0.336 e. The van der Waals surface area contributed by atoms with E-state index in [0.29, 0.717) is 13.0 Å². The fourth-order valence-corrected chi connectivity index (χ4v) is 4.25. The second-order valence-corrected chi connectivity index (χ2v) is 8.70. The molecule has 3 atom stereocenters. The summed E-state index contributed by atoms with van der Waals surface area (Å²) in [5.74, 6) is -0.0499. The van der Waals surface area contributed by atoms with Gasteiger partial charge in [-0.1, -0.05) is 57.5 Å². The first kappa shape index (κ1) is 22.2. The molecule has 154 valence electrons. The van der Waals surface area contributed by atoms with Crippen LogP contribution in [0.5, 0.6) is 0 Å². The van der Waals surface area contributed by atoms with Crippen LogP contribution in [0.3, 0.4) is 0 Å². The highest BCUT2D eigenvalue weighted by molar-refractivity contribution is 5.91. The molecule has 0 aliphatic carbocycles. The van der Waals surface area contributed by atoms with Crippen molar-refractivity contribution in [3.8, 4) is 0 Å². The molecule has 1 N–H and O–H groups in total. The van der Waals surface area contributed by atoms with Gasteiger partial charge in [0.1, 0.15) is 6.29 Å². The van der Waals surface area contributed by atoms with Crippen LogP contribution in [-0.2, 0) is 14.3 Å². The fourth-order valence-electron chi connectivity index (χ4n) is 4.25. The average molecular weight is 386 g/mol. The Balaban J connectivity index is 2.51. The SMILES string of the molecule is CCOC(=O)C1=C(CC)NC(CC(C)(C)CC=O)C(C)C1c1ccc(C)cc1. The normalized spacial score (nSPS) is 22.6. The zero-order chi connectivity index (χ0) is 20.9. The number of carbonyl (C=O) groups is 2. The largest absolute Gasteiger partial charge is 0.463 e. The van der Waals surface area contributed by atoms with Crippen LogP contribution in [0, 0.1) is 18.3 Å². The molecule has 0 radical (unpaired) electrons. The van der Waals surface area contributed by atoms with Crippen LogP contribution in [0.15, 0.2) is 35.5 Å². The Morgan fingerprint density at radius 2 is 1.86 bits per heavy atom. The third-order valence-electron chi connectivity index (χ3n) is 5.85.